The lowest BCUT2D eigenvalue weighted by atomic mass is 10.1. The van der Waals surface area contributed by atoms with Gasteiger partial charge in [0.2, 0.25) is 5.91 Å². The van der Waals surface area contributed by atoms with Crippen LogP contribution >= 0.6 is 0 Å². The van der Waals surface area contributed by atoms with E-state index in [1.807, 2.05) is 6.92 Å². The standard InChI is InChI=1S/C13H18N2O3/c1-4-14-12(17)8-15(3)13(18)10-6-5-9(2)11(16)7-10/h5-7,16H,4,8H2,1-3H3,(H,14,17). The van der Waals surface area contributed by atoms with Crippen molar-refractivity contribution in [2.45, 2.75) is 13.8 Å². The lowest BCUT2D eigenvalue weighted by Crippen LogP contribution is -2.38. The number of aromatic hydroxyl groups is 1. The topological polar surface area (TPSA) is 69.6 Å². The lowest BCUT2D eigenvalue weighted by molar-refractivity contribution is -0.121. The maximum absolute atomic E-state index is 12.0. The minimum absolute atomic E-state index is 0.00130. The first-order valence-corrected chi connectivity index (χ1v) is 5.77. The van der Waals surface area contributed by atoms with Gasteiger partial charge in [-0.25, -0.2) is 0 Å². The monoisotopic (exact) mass is 250 g/mol. The summed E-state index contributed by atoms with van der Waals surface area (Å²) in [6.07, 6.45) is 0. The van der Waals surface area contributed by atoms with Gasteiger partial charge in [0.1, 0.15) is 5.75 Å². The fraction of sp³-hybridized carbons (Fsp3) is 0.385. The van der Waals surface area contributed by atoms with Crippen LogP contribution < -0.4 is 5.32 Å². The molecule has 0 fully saturated rings. The van der Waals surface area contributed by atoms with E-state index in [0.29, 0.717) is 17.7 Å². The van der Waals surface area contributed by atoms with Gasteiger partial charge in [-0.15, -0.1) is 0 Å². The molecule has 0 aliphatic rings. The van der Waals surface area contributed by atoms with E-state index in [1.54, 1.807) is 26.1 Å². The van der Waals surface area contributed by atoms with Gasteiger partial charge >= 0.3 is 0 Å². The van der Waals surface area contributed by atoms with Crippen molar-refractivity contribution in [3.05, 3.63) is 29.3 Å². The second-order valence-electron chi connectivity index (χ2n) is 4.12. The van der Waals surface area contributed by atoms with Crippen molar-refractivity contribution < 1.29 is 14.7 Å². The molecule has 0 saturated carbocycles. The molecule has 0 aromatic heterocycles. The summed E-state index contributed by atoms with van der Waals surface area (Å²) in [7, 11) is 1.55. The quantitative estimate of drug-likeness (QED) is 0.834. The molecular weight excluding hydrogens is 232 g/mol. The number of phenolic OH excluding ortho intramolecular Hbond substituents is 1. The largest absolute Gasteiger partial charge is 0.508 e. The van der Waals surface area contributed by atoms with E-state index in [-0.39, 0.29) is 24.1 Å². The number of rotatable bonds is 4. The summed E-state index contributed by atoms with van der Waals surface area (Å²) in [4.78, 5) is 24.7. The maximum Gasteiger partial charge on any atom is 0.254 e. The minimum Gasteiger partial charge on any atom is -0.508 e. The number of carbonyl (C=O) groups is 2. The first-order valence-electron chi connectivity index (χ1n) is 5.77. The van der Waals surface area contributed by atoms with Crippen LogP contribution in [0.25, 0.3) is 0 Å². The fourth-order valence-electron chi connectivity index (χ4n) is 1.50. The summed E-state index contributed by atoms with van der Waals surface area (Å²) in [6.45, 7) is 4.10. The molecule has 1 aromatic rings. The van der Waals surface area contributed by atoms with Crippen LogP contribution in [0.15, 0.2) is 18.2 Å². The van der Waals surface area contributed by atoms with Crippen molar-refractivity contribution >= 4 is 11.8 Å². The molecule has 5 nitrogen and oxygen atoms in total. The normalized spacial score (nSPS) is 9.94. The highest BCUT2D eigenvalue weighted by atomic mass is 16.3. The zero-order valence-corrected chi connectivity index (χ0v) is 10.9. The molecule has 0 unspecified atom stereocenters. The molecule has 1 rings (SSSR count). The molecule has 0 atom stereocenters. The Labute approximate surface area is 106 Å². The Bertz CT molecular complexity index is 458. The average molecular weight is 250 g/mol. The van der Waals surface area contributed by atoms with Crippen molar-refractivity contribution in [1.29, 1.82) is 0 Å². The number of amides is 2. The number of likely N-dealkylation sites (N-methyl/N-ethyl adjacent to an activating group) is 2. The first kappa shape index (κ1) is 14.0. The summed E-state index contributed by atoms with van der Waals surface area (Å²) in [5.74, 6) is -0.423. The van der Waals surface area contributed by atoms with E-state index in [0.717, 1.165) is 0 Å². The van der Waals surface area contributed by atoms with Crippen molar-refractivity contribution in [2.24, 2.45) is 0 Å². The van der Waals surface area contributed by atoms with Gasteiger partial charge in [0.25, 0.3) is 5.91 Å². The van der Waals surface area contributed by atoms with Gasteiger partial charge in [-0.05, 0) is 31.5 Å². The molecule has 2 N–H and O–H groups in total. The molecule has 2 amide bonds. The molecule has 18 heavy (non-hydrogen) atoms. The molecule has 98 valence electrons. The van der Waals surface area contributed by atoms with E-state index < -0.39 is 0 Å². The number of hydrogen-bond donors (Lipinski definition) is 2. The Kier molecular flexibility index (Phi) is 4.71. The molecule has 0 radical (unpaired) electrons. The number of benzene rings is 1. The number of hydrogen-bond acceptors (Lipinski definition) is 3. The van der Waals surface area contributed by atoms with Crippen LogP contribution in [-0.2, 0) is 4.79 Å². The highest BCUT2D eigenvalue weighted by Crippen LogP contribution is 2.18. The first-order chi connectivity index (χ1) is 8.45. The molecule has 1 aromatic carbocycles. The Balaban J connectivity index is 2.74. The Morgan fingerprint density at radius 2 is 2.06 bits per heavy atom. The van der Waals surface area contributed by atoms with Gasteiger partial charge in [0.05, 0.1) is 6.54 Å². The summed E-state index contributed by atoms with van der Waals surface area (Å²) in [6, 6.07) is 4.71. The van der Waals surface area contributed by atoms with E-state index in [4.69, 9.17) is 0 Å². The van der Waals surface area contributed by atoms with Crippen molar-refractivity contribution in [1.82, 2.24) is 10.2 Å². The molecule has 0 spiro atoms. The highest BCUT2D eigenvalue weighted by molar-refractivity contribution is 5.96. The third-order valence-corrected chi connectivity index (χ3v) is 2.56. The van der Waals surface area contributed by atoms with Crippen LogP contribution in [0.4, 0.5) is 0 Å². The molecule has 5 heteroatoms. The highest BCUT2D eigenvalue weighted by Gasteiger charge is 2.15. The van der Waals surface area contributed by atoms with Gasteiger partial charge in [-0.1, -0.05) is 6.07 Å². The summed E-state index contributed by atoms with van der Waals surface area (Å²) >= 11 is 0. The van der Waals surface area contributed by atoms with E-state index in [1.165, 1.54) is 11.0 Å². The fourth-order valence-corrected chi connectivity index (χ4v) is 1.50. The van der Waals surface area contributed by atoms with Crippen LogP contribution in [0.5, 0.6) is 5.75 Å². The molecule has 0 heterocycles. The number of nitrogens with one attached hydrogen (secondary N) is 1. The van der Waals surface area contributed by atoms with E-state index in [2.05, 4.69) is 5.32 Å². The Hall–Kier alpha value is -2.04. The van der Waals surface area contributed by atoms with Crippen LogP contribution in [0.1, 0.15) is 22.8 Å². The van der Waals surface area contributed by atoms with Gasteiger partial charge in [-0.2, -0.15) is 0 Å². The number of nitrogens with zero attached hydrogens (tertiary/aromatic N) is 1. The predicted molar refractivity (Wildman–Crippen MR) is 68.5 cm³/mol. The summed E-state index contributed by atoms with van der Waals surface area (Å²) in [5, 5.41) is 12.2. The SMILES string of the molecule is CCNC(=O)CN(C)C(=O)c1ccc(C)c(O)c1. The van der Waals surface area contributed by atoms with Crippen LogP contribution in [-0.4, -0.2) is 42.0 Å². The lowest BCUT2D eigenvalue weighted by Gasteiger charge is -2.16. The zero-order valence-electron chi connectivity index (χ0n) is 10.9. The van der Waals surface area contributed by atoms with Crippen molar-refractivity contribution in [2.75, 3.05) is 20.1 Å². The summed E-state index contributed by atoms with van der Waals surface area (Å²) < 4.78 is 0. The molecule has 0 aliphatic heterocycles. The average Bonchev–Trinajstić information content (AvgIpc) is 2.32. The van der Waals surface area contributed by atoms with E-state index >= 15 is 0 Å². The number of aryl methyl sites for hydroxylation is 1. The molecular formula is C13H18N2O3. The zero-order chi connectivity index (χ0) is 13.7. The molecule has 0 saturated heterocycles. The van der Waals surface area contributed by atoms with Crippen molar-refractivity contribution in [3.63, 3.8) is 0 Å². The van der Waals surface area contributed by atoms with Gasteiger partial charge < -0.3 is 15.3 Å². The van der Waals surface area contributed by atoms with E-state index in [9.17, 15) is 14.7 Å². The predicted octanol–water partition coefficient (Wildman–Crippen LogP) is 0.909. The third kappa shape index (κ3) is 3.48. The maximum atomic E-state index is 12.0. The minimum atomic E-state index is -0.295. The summed E-state index contributed by atoms with van der Waals surface area (Å²) in [5.41, 5.74) is 1.07. The van der Waals surface area contributed by atoms with Gasteiger partial charge in [0, 0.05) is 19.2 Å². The van der Waals surface area contributed by atoms with Crippen LogP contribution in [0.3, 0.4) is 0 Å². The number of carbonyl (C=O) groups excluding carboxylic acids is 2. The Morgan fingerprint density at radius 3 is 2.61 bits per heavy atom. The van der Waals surface area contributed by atoms with Gasteiger partial charge in [-0.3, -0.25) is 9.59 Å². The molecule has 0 bridgehead atoms. The number of phenols is 1. The van der Waals surface area contributed by atoms with Crippen LogP contribution in [0, 0.1) is 6.92 Å². The second kappa shape index (κ2) is 6.05. The second-order valence-corrected chi connectivity index (χ2v) is 4.12. The Morgan fingerprint density at radius 1 is 1.39 bits per heavy atom. The smallest absolute Gasteiger partial charge is 0.254 e. The third-order valence-electron chi connectivity index (χ3n) is 2.56. The van der Waals surface area contributed by atoms with Crippen molar-refractivity contribution in [3.8, 4) is 5.75 Å². The molecule has 0 aliphatic carbocycles. The van der Waals surface area contributed by atoms with Gasteiger partial charge in [0.15, 0.2) is 0 Å². The van der Waals surface area contributed by atoms with Crippen LogP contribution in [0.2, 0.25) is 0 Å².